The van der Waals surface area contributed by atoms with Gasteiger partial charge in [0.15, 0.2) is 12.6 Å². The van der Waals surface area contributed by atoms with Gasteiger partial charge in [0.25, 0.3) is 0 Å². The lowest BCUT2D eigenvalue weighted by atomic mass is 9.95. The average molecular weight is 340 g/mol. The Morgan fingerprint density at radius 1 is 0.783 bits per heavy atom. The first-order chi connectivity index (χ1) is 10.8. The van der Waals surface area contributed by atoms with E-state index in [-0.39, 0.29) is 0 Å². The first-order valence-electron chi connectivity index (χ1n) is 7.23. The molecule has 2 fully saturated rings. The fourth-order valence-corrected chi connectivity index (χ4v) is 2.65. The molecule has 10 atom stereocenters. The lowest BCUT2D eigenvalue weighted by Gasteiger charge is -2.45. The van der Waals surface area contributed by atoms with Crippen LogP contribution in [-0.4, -0.2) is 105 Å². The summed E-state index contributed by atoms with van der Waals surface area (Å²) in [5.74, 6) is 0. The smallest absolute Gasteiger partial charge is 0.176 e. The second-order valence-electron chi connectivity index (χ2n) is 5.70. The van der Waals surface area contributed by atoms with Crippen LogP contribution in [0.4, 0.5) is 0 Å². The zero-order valence-corrected chi connectivity index (χ0v) is 12.3. The molecule has 0 bridgehead atoms. The summed E-state index contributed by atoms with van der Waals surface area (Å²) in [6, 6.07) is -2.37. The van der Waals surface area contributed by atoms with E-state index in [1.54, 1.807) is 0 Å². The molecule has 0 aromatic heterocycles. The minimum Gasteiger partial charge on any atom is -0.394 e. The molecule has 2 rings (SSSR count). The molecule has 11 heteroatoms. The van der Waals surface area contributed by atoms with Gasteiger partial charge in [-0.05, 0) is 0 Å². The summed E-state index contributed by atoms with van der Waals surface area (Å²) in [7, 11) is 0. The molecule has 0 saturated carbocycles. The molecule has 0 radical (unpaired) electrons. The molecule has 136 valence electrons. The van der Waals surface area contributed by atoms with Gasteiger partial charge in [0.05, 0.1) is 25.3 Å². The number of hydrogen-bond donors (Lipinski definition) is 8. The van der Waals surface area contributed by atoms with Crippen molar-refractivity contribution in [1.82, 2.24) is 0 Å². The molecule has 0 amide bonds. The monoisotopic (exact) mass is 340 g/mol. The molecule has 10 N–H and O–H groups in total. The lowest BCUT2D eigenvalue weighted by molar-refractivity contribution is -0.324. The first kappa shape index (κ1) is 18.9. The molecule has 2 aliphatic rings. The maximum atomic E-state index is 10.1. The topological polar surface area (TPSA) is 201 Å². The van der Waals surface area contributed by atoms with Gasteiger partial charge in [0.2, 0.25) is 0 Å². The van der Waals surface area contributed by atoms with Crippen LogP contribution in [0.3, 0.4) is 0 Å². The summed E-state index contributed by atoms with van der Waals surface area (Å²) in [5, 5.41) is 57.7. The van der Waals surface area contributed by atoms with Crippen LogP contribution in [0.15, 0.2) is 0 Å². The summed E-state index contributed by atoms with van der Waals surface area (Å²) >= 11 is 0. The Bertz CT molecular complexity index is 386. The highest BCUT2D eigenvalue weighted by Gasteiger charge is 2.49. The predicted molar refractivity (Wildman–Crippen MR) is 72.6 cm³/mol. The van der Waals surface area contributed by atoms with E-state index in [9.17, 15) is 25.5 Å². The summed E-state index contributed by atoms with van der Waals surface area (Å²) in [6.45, 7) is -1.17. The number of ether oxygens (including phenoxy) is 3. The second kappa shape index (κ2) is 7.63. The molecule has 2 saturated heterocycles. The van der Waals surface area contributed by atoms with Crippen molar-refractivity contribution >= 4 is 0 Å². The Morgan fingerprint density at radius 2 is 1.39 bits per heavy atom. The maximum Gasteiger partial charge on any atom is 0.176 e. The third-order valence-corrected chi connectivity index (χ3v) is 4.14. The van der Waals surface area contributed by atoms with E-state index in [1.165, 1.54) is 0 Å². The van der Waals surface area contributed by atoms with E-state index < -0.39 is 74.5 Å². The van der Waals surface area contributed by atoms with Crippen molar-refractivity contribution in [2.45, 2.75) is 61.3 Å². The molecule has 0 aromatic carbocycles. The molecular weight excluding hydrogens is 316 g/mol. The third-order valence-electron chi connectivity index (χ3n) is 4.14. The van der Waals surface area contributed by atoms with Crippen molar-refractivity contribution in [2.75, 3.05) is 13.2 Å². The van der Waals surface area contributed by atoms with E-state index in [1.807, 2.05) is 0 Å². The number of rotatable bonds is 4. The van der Waals surface area contributed by atoms with E-state index in [0.29, 0.717) is 0 Å². The molecule has 11 nitrogen and oxygen atoms in total. The van der Waals surface area contributed by atoms with Gasteiger partial charge >= 0.3 is 0 Å². The number of hydrogen-bond acceptors (Lipinski definition) is 11. The lowest BCUT2D eigenvalue weighted by Crippen LogP contribution is -2.67. The summed E-state index contributed by atoms with van der Waals surface area (Å²) in [5.41, 5.74) is 11.3. The van der Waals surface area contributed by atoms with E-state index in [0.717, 1.165) is 0 Å². The third kappa shape index (κ3) is 3.65. The van der Waals surface area contributed by atoms with Crippen molar-refractivity contribution in [3.05, 3.63) is 0 Å². The molecule has 0 unspecified atom stereocenters. The Hall–Kier alpha value is -0.440. The normalized spacial score (nSPS) is 51.7. The summed E-state index contributed by atoms with van der Waals surface area (Å²) in [4.78, 5) is 0. The standard InChI is InChI=1S/C12H24N2O9/c13-5-9(19)10(4(2-16)21-11(5)20)23-12-6(14)8(18)7(17)3(1-15)22-12/h3-12,15-20H,1-2,13-14H2/t3-,4-,5-,6-,7-,8-,9-,10-,11-,12+/m1/s1. The number of aliphatic hydroxyl groups excluding tert-OH is 6. The van der Waals surface area contributed by atoms with Crippen molar-refractivity contribution in [3.63, 3.8) is 0 Å². The van der Waals surface area contributed by atoms with Crippen LogP contribution in [0, 0.1) is 0 Å². The van der Waals surface area contributed by atoms with Gasteiger partial charge in [-0.3, -0.25) is 0 Å². The minimum absolute atomic E-state index is 0.581. The van der Waals surface area contributed by atoms with Crippen LogP contribution in [0.2, 0.25) is 0 Å². The fourth-order valence-electron chi connectivity index (χ4n) is 2.65. The summed E-state index contributed by atoms with van der Waals surface area (Å²) < 4.78 is 15.8. The highest BCUT2D eigenvalue weighted by Crippen LogP contribution is 2.27. The van der Waals surface area contributed by atoms with Crippen molar-refractivity contribution in [1.29, 1.82) is 0 Å². The van der Waals surface area contributed by atoms with Crippen molar-refractivity contribution in [3.8, 4) is 0 Å². The van der Waals surface area contributed by atoms with Gasteiger partial charge in [-0.25, -0.2) is 0 Å². The minimum atomic E-state index is -1.49. The number of nitrogens with two attached hydrogens (primary N) is 2. The molecule has 0 aliphatic carbocycles. The Balaban J connectivity index is 2.11. The highest BCUT2D eigenvalue weighted by atomic mass is 16.7. The van der Waals surface area contributed by atoms with Gasteiger partial charge in [0, 0.05) is 0 Å². The Kier molecular flexibility index (Phi) is 6.27. The van der Waals surface area contributed by atoms with E-state index in [4.69, 9.17) is 30.8 Å². The van der Waals surface area contributed by atoms with Gasteiger partial charge in [-0.1, -0.05) is 0 Å². The zero-order chi connectivity index (χ0) is 17.3. The largest absolute Gasteiger partial charge is 0.394 e. The quantitative estimate of drug-likeness (QED) is 0.242. The van der Waals surface area contributed by atoms with Crippen LogP contribution in [0.25, 0.3) is 0 Å². The Labute approximate surface area is 132 Å². The molecule has 0 spiro atoms. The molecular formula is C12H24N2O9. The van der Waals surface area contributed by atoms with E-state index >= 15 is 0 Å². The maximum absolute atomic E-state index is 10.1. The van der Waals surface area contributed by atoms with Gasteiger partial charge in [-0.2, -0.15) is 0 Å². The zero-order valence-electron chi connectivity index (χ0n) is 12.3. The predicted octanol–water partition coefficient (Wildman–Crippen LogP) is -5.46. The van der Waals surface area contributed by atoms with Crippen LogP contribution in [0.1, 0.15) is 0 Å². The Morgan fingerprint density at radius 3 is 1.96 bits per heavy atom. The second-order valence-corrected chi connectivity index (χ2v) is 5.70. The molecule has 2 aliphatic heterocycles. The highest BCUT2D eigenvalue weighted by molar-refractivity contribution is 4.95. The SMILES string of the molecule is N[C@@H]1[C@@H](O)[C@H](O[C@@H]2O[C@H](CO)[C@@H](O)[C@H](O)[C@H]2N)[C@@H](CO)O[C@H]1O. The van der Waals surface area contributed by atoms with Crippen LogP contribution < -0.4 is 11.5 Å². The molecule has 2 heterocycles. The number of aliphatic hydroxyl groups is 6. The van der Waals surface area contributed by atoms with Gasteiger partial charge in [0.1, 0.15) is 36.6 Å². The molecule has 0 aromatic rings. The average Bonchev–Trinajstić information content (AvgIpc) is 2.55. The first-order valence-corrected chi connectivity index (χ1v) is 7.23. The van der Waals surface area contributed by atoms with Gasteiger partial charge < -0.3 is 56.3 Å². The van der Waals surface area contributed by atoms with Gasteiger partial charge in [-0.15, -0.1) is 0 Å². The molecule has 23 heavy (non-hydrogen) atoms. The van der Waals surface area contributed by atoms with Crippen molar-refractivity contribution < 1.29 is 44.8 Å². The van der Waals surface area contributed by atoms with Crippen LogP contribution in [-0.2, 0) is 14.2 Å². The van der Waals surface area contributed by atoms with Crippen molar-refractivity contribution in [2.24, 2.45) is 11.5 Å². The van der Waals surface area contributed by atoms with Crippen LogP contribution >= 0.6 is 0 Å². The van der Waals surface area contributed by atoms with E-state index in [2.05, 4.69) is 0 Å². The fraction of sp³-hybridized carbons (Fsp3) is 1.00. The summed E-state index contributed by atoms with van der Waals surface area (Å²) in [6.07, 6.45) is -10.5. The van der Waals surface area contributed by atoms with Crippen LogP contribution in [0.5, 0.6) is 0 Å².